The second kappa shape index (κ2) is 7.29. The van der Waals surface area contributed by atoms with E-state index in [-0.39, 0.29) is 19.7 Å². The molecular weight excluding hydrogens is 221 g/mol. The summed E-state index contributed by atoms with van der Waals surface area (Å²) < 4.78 is 17.2. The molecular formula is C13H14FNO2. The number of carbonyl (C=O) groups is 1. The van der Waals surface area contributed by atoms with Gasteiger partial charge in [0.2, 0.25) is 0 Å². The Morgan fingerprint density at radius 2 is 2.12 bits per heavy atom. The van der Waals surface area contributed by atoms with Crippen LogP contribution in [0.3, 0.4) is 0 Å². The smallest absolute Gasteiger partial charge is 0.410 e. The van der Waals surface area contributed by atoms with Crippen LogP contribution in [0, 0.1) is 12.3 Å². The fourth-order valence-electron chi connectivity index (χ4n) is 1.26. The van der Waals surface area contributed by atoms with E-state index in [1.165, 1.54) is 0 Å². The number of halogens is 1. The van der Waals surface area contributed by atoms with E-state index in [0.29, 0.717) is 0 Å². The van der Waals surface area contributed by atoms with E-state index in [0.717, 1.165) is 10.5 Å². The molecule has 0 N–H and O–H groups in total. The van der Waals surface area contributed by atoms with Crippen molar-refractivity contribution in [3.63, 3.8) is 0 Å². The van der Waals surface area contributed by atoms with Gasteiger partial charge < -0.3 is 4.74 Å². The largest absolute Gasteiger partial charge is 0.445 e. The number of rotatable bonds is 5. The first-order chi connectivity index (χ1) is 8.27. The fourth-order valence-corrected chi connectivity index (χ4v) is 1.26. The summed E-state index contributed by atoms with van der Waals surface area (Å²) >= 11 is 0. The molecule has 0 aromatic heterocycles. The molecule has 0 saturated carbocycles. The van der Waals surface area contributed by atoms with E-state index in [4.69, 9.17) is 11.2 Å². The van der Waals surface area contributed by atoms with Gasteiger partial charge in [-0.05, 0) is 5.56 Å². The minimum atomic E-state index is -0.637. The van der Waals surface area contributed by atoms with Crippen molar-refractivity contribution in [1.82, 2.24) is 4.90 Å². The predicted molar refractivity (Wildman–Crippen MR) is 63.0 cm³/mol. The van der Waals surface area contributed by atoms with Crippen LogP contribution >= 0.6 is 0 Å². The molecule has 1 aromatic rings. The highest BCUT2D eigenvalue weighted by Gasteiger charge is 2.13. The summed E-state index contributed by atoms with van der Waals surface area (Å²) in [4.78, 5) is 12.7. The van der Waals surface area contributed by atoms with Crippen molar-refractivity contribution in [2.45, 2.75) is 6.61 Å². The van der Waals surface area contributed by atoms with Crippen molar-refractivity contribution in [3.8, 4) is 12.3 Å². The number of alkyl halides is 1. The molecule has 3 nitrogen and oxygen atoms in total. The Kier molecular flexibility index (Phi) is 5.59. The molecule has 0 aliphatic heterocycles. The molecule has 17 heavy (non-hydrogen) atoms. The third-order valence-electron chi connectivity index (χ3n) is 2.10. The molecule has 1 amide bonds. The zero-order valence-electron chi connectivity index (χ0n) is 9.43. The van der Waals surface area contributed by atoms with Crippen molar-refractivity contribution in [1.29, 1.82) is 0 Å². The van der Waals surface area contributed by atoms with Crippen LogP contribution in [0.5, 0.6) is 0 Å². The molecule has 4 heteroatoms. The highest BCUT2D eigenvalue weighted by atomic mass is 19.1. The molecule has 0 heterocycles. The lowest BCUT2D eigenvalue weighted by atomic mass is 10.2. The van der Waals surface area contributed by atoms with Crippen LogP contribution in [-0.4, -0.2) is 30.8 Å². The maximum absolute atomic E-state index is 12.2. The van der Waals surface area contributed by atoms with Crippen LogP contribution < -0.4 is 0 Å². The quantitative estimate of drug-likeness (QED) is 0.732. The minimum absolute atomic E-state index is 0.0438. The Bertz CT molecular complexity index is 386. The Morgan fingerprint density at radius 1 is 1.41 bits per heavy atom. The zero-order valence-corrected chi connectivity index (χ0v) is 9.43. The molecule has 0 atom stereocenters. The van der Waals surface area contributed by atoms with Gasteiger partial charge in [0.15, 0.2) is 0 Å². The maximum Gasteiger partial charge on any atom is 0.410 e. The molecule has 0 aliphatic carbocycles. The molecule has 90 valence electrons. The lowest BCUT2D eigenvalue weighted by Crippen LogP contribution is -2.33. The van der Waals surface area contributed by atoms with Gasteiger partial charge in [0.05, 0.1) is 13.1 Å². The van der Waals surface area contributed by atoms with E-state index < -0.39 is 12.8 Å². The van der Waals surface area contributed by atoms with E-state index in [1.54, 1.807) is 0 Å². The molecule has 0 radical (unpaired) electrons. The second-order valence-corrected chi connectivity index (χ2v) is 3.35. The van der Waals surface area contributed by atoms with Gasteiger partial charge in [-0.2, -0.15) is 0 Å². The molecule has 0 fully saturated rings. The number of hydrogen-bond acceptors (Lipinski definition) is 2. The Morgan fingerprint density at radius 3 is 2.71 bits per heavy atom. The number of terminal acetylenes is 1. The lowest BCUT2D eigenvalue weighted by Gasteiger charge is -2.18. The standard InChI is InChI=1S/C13H14FNO2/c1-2-9-15(10-8-14)13(16)17-11-12-6-4-3-5-7-12/h1,3-7H,8-11H2. The number of hydrogen-bond donors (Lipinski definition) is 0. The zero-order chi connectivity index (χ0) is 12.5. The van der Waals surface area contributed by atoms with Gasteiger partial charge in [0.1, 0.15) is 13.3 Å². The average molecular weight is 235 g/mol. The summed E-state index contributed by atoms with van der Waals surface area (Å²) in [7, 11) is 0. The number of amides is 1. The average Bonchev–Trinajstić information content (AvgIpc) is 2.37. The number of nitrogens with zero attached hydrogens (tertiary/aromatic N) is 1. The van der Waals surface area contributed by atoms with Crippen LogP contribution in [0.15, 0.2) is 30.3 Å². The molecule has 1 aromatic carbocycles. The van der Waals surface area contributed by atoms with Gasteiger partial charge >= 0.3 is 6.09 Å². The first kappa shape index (κ1) is 13.0. The van der Waals surface area contributed by atoms with Crippen LogP contribution in [0.25, 0.3) is 0 Å². The summed E-state index contributed by atoms with van der Waals surface area (Å²) in [6, 6.07) is 9.26. The van der Waals surface area contributed by atoms with E-state index in [9.17, 15) is 9.18 Å². The van der Waals surface area contributed by atoms with Crippen LogP contribution in [-0.2, 0) is 11.3 Å². The third kappa shape index (κ3) is 4.56. The molecule has 0 saturated heterocycles. The summed E-state index contributed by atoms with van der Waals surface area (Å²) in [5, 5.41) is 0. The van der Waals surface area contributed by atoms with Gasteiger partial charge in [-0.25, -0.2) is 9.18 Å². The van der Waals surface area contributed by atoms with Gasteiger partial charge in [-0.3, -0.25) is 4.90 Å². The summed E-state index contributed by atoms with van der Waals surface area (Å²) in [6.07, 6.45) is 4.49. The normalized spacial score (nSPS) is 9.41. The molecule has 0 bridgehead atoms. The van der Waals surface area contributed by atoms with E-state index in [1.807, 2.05) is 30.3 Å². The maximum atomic E-state index is 12.2. The topological polar surface area (TPSA) is 29.5 Å². The first-order valence-corrected chi connectivity index (χ1v) is 5.23. The number of benzene rings is 1. The lowest BCUT2D eigenvalue weighted by molar-refractivity contribution is 0.0984. The van der Waals surface area contributed by atoms with Crippen molar-refractivity contribution < 1.29 is 13.9 Å². The van der Waals surface area contributed by atoms with Gasteiger partial charge in [-0.1, -0.05) is 36.3 Å². The van der Waals surface area contributed by atoms with E-state index in [2.05, 4.69) is 5.92 Å². The summed E-state index contributed by atoms with van der Waals surface area (Å²) in [5.41, 5.74) is 0.877. The van der Waals surface area contributed by atoms with Crippen LogP contribution in [0.1, 0.15) is 5.56 Å². The Balaban J connectivity index is 2.45. The van der Waals surface area contributed by atoms with Gasteiger partial charge in [-0.15, -0.1) is 6.42 Å². The predicted octanol–water partition coefficient (Wildman–Crippen LogP) is 2.23. The highest BCUT2D eigenvalue weighted by molar-refractivity contribution is 5.68. The molecule has 0 aliphatic rings. The van der Waals surface area contributed by atoms with E-state index >= 15 is 0 Å². The Labute approximate surface area is 100 Å². The van der Waals surface area contributed by atoms with Crippen LogP contribution in [0.2, 0.25) is 0 Å². The molecule has 0 unspecified atom stereocenters. The highest BCUT2D eigenvalue weighted by Crippen LogP contribution is 2.03. The van der Waals surface area contributed by atoms with Crippen LogP contribution in [0.4, 0.5) is 9.18 Å². The van der Waals surface area contributed by atoms with Crippen molar-refractivity contribution >= 4 is 6.09 Å². The van der Waals surface area contributed by atoms with Gasteiger partial charge in [0.25, 0.3) is 0 Å². The SMILES string of the molecule is C#CCN(CCF)C(=O)OCc1ccccc1. The second-order valence-electron chi connectivity index (χ2n) is 3.35. The third-order valence-corrected chi connectivity index (χ3v) is 2.10. The number of carbonyl (C=O) groups excluding carboxylic acids is 1. The number of ether oxygens (including phenoxy) is 1. The summed E-state index contributed by atoms with van der Waals surface area (Å²) in [5.74, 6) is 2.29. The van der Waals surface area contributed by atoms with Crippen molar-refractivity contribution in [2.75, 3.05) is 19.8 Å². The monoisotopic (exact) mass is 235 g/mol. The van der Waals surface area contributed by atoms with Crippen molar-refractivity contribution in [3.05, 3.63) is 35.9 Å². The first-order valence-electron chi connectivity index (χ1n) is 5.23. The van der Waals surface area contributed by atoms with Gasteiger partial charge in [0, 0.05) is 0 Å². The Hall–Kier alpha value is -2.02. The summed E-state index contributed by atoms with van der Waals surface area (Å²) in [6.45, 7) is -0.468. The van der Waals surface area contributed by atoms with Crippen molar-refractivity contribution in [2.24, 2.45) is 0 Å². The molecule has 1 rings (SSSR count). The molecule has 0 spiro atoms. The minimum Gasteiger partial charge on any atom is -0.445 e. The fraction of sp³-hybridized carbons (Fsp3) is 0.308.